The Morgan fingerprint density at radius 2 is 0.594 bits per heavy atom. The van der Waals surface area contributed by atoms with Crippen molar-refractivity contribution in [3.05, 3.63) is 176 Å². The summed E-state index contributed by atoms with van der Waals surface area (Å²) in [4.78, 5) is 28.4. The van der Waals surface area contributed by atoms with E-state index in [4.69, 9.17) is 82.3 Å². The molecule has 18 aromatic rings. The first kappa shape index (κ1) is 94.2. The molecule has 138 heavy (non-hydrogen) atoms. The minimum Gasteiger partial charge on any atom is -0.383 e. The van der Waals surface area contributed by atoms with E-state index in [1.165, 1.54) is 9.03 Å². The number of morpholine rings is 1. The number of aryl methyl sites for hydroxylation is 6. The normalized spacial score (nSPS) is 18.6. The highest BCUT2D eigenvalue weighted by Gasteiger charge is 2.33. The average molecular weight is 2070 g/mol. The van der Waals surface area contributed by atoms with E-state index in [0.29, 0.717) is 74.8 Å². The van der Waals surface area contributed by atoms with E-state index >= 15 is 0 Å². The van der Waals surface area contributed by atoms with Crippen molar-refractivity contribution in [3.63, 3.8) is 0 Å². The molecular formula is C88H104Br2Cl2F2N42OS. The number of fused-ring (bicyclic) bond motifs is 6. The van der Waals surface area contributed by atoms with Crippen LogP contribution in [0.1, 0.15) is 121 Å². The van der Waals surface area contributed by atoms with Gasteiger partial charge in [-0.1, -0.05) is 23.2 Å². The molecule has 0 spiro atoms. The summed E-state index contributed by atoms with van der Waals surface area (Å²) in [7, 11) is 11.2. The molecule has 0 bridgehead atoms. The first-order chi connectivity index (χ1) is 66.9. The quantitative estimate of drug-likeness (QED) is 0.0542. The monoisotopic (exact) mass is 2060 g/mol. The van der Waals surface area contributed by atoms with Crippen molar-refractivity contribution in [3.8, 4) is 66.8 Å². The summed E-state index contributed by atoms with van der Waals surface area (Å²) < 4.78 is 56.3. The lowest BCUT2D eigenvalue weighted by Crippen LogP contribution is -2.34. The second-order valence-corrected chi connectivity index (χ2v) is 38.3. The number of nitrogens with two attached hydrogens (primary N) is 6. The molecule has 24 heterocycles. The van der Waals surface area contributed by atoms with Crippen molar-refractivity contribution in [2.45, 2.75) is 86.4 Å². The van der Waals surface area contributed by atoms with Crippen LogP contribution in [0.15, 0.2) is 120 Å². The van der Waals surface area contributed by atoms with E-state index in [9.17, 15) is 8.78 Å². The molecule has 720 valence electrons. The molecule has 6 aliphatic heterocycles. The fraction of sp³-hybridized carbons (Fsp3) is 0.386. The molecule has 0 aliphatic carbocycles. The number of nitrogens with one attached hydrogen (secondary N) is 6. The number of aromatic nitrogens is 30. The SMILES string of the molecule is Cn1cc(-c2cnn3c(N)c(Br)c(C4CNCCO4)nc23)cn1.Cn1cc(-c2cnn3c(N)c(Br)c(C4CNCCS4)nc23)cn1.Cn1cc(-c2cnn3c(N)c(Cl)c(C4CCCNC4)nc23)cn1.Cn1cc(-c2cnn3c(N)c(Cl)c(C4CCCNC4)nc23)cn1.Cn1cc(-c2cnn3c(N)c(F)c(C4CCCNC4)nc23)cn1.Cn1cc(-c2cnn3c(N)c(F)c(C4CCCNC4)nc23)cn1. The van der Waals surface area contributed by atoms with Crippen LogP contribution in [0.2, 0.25) is 10.0 Å². The van der Waals surface area contributed by atoms with E-state index in [1.54, 1.807) is 114 Å². The van der Waals surface area contributed by atoms with E-state index < -0.39 is 11.6 Å². The summed E-state index contributed by atoms with van der Waals surface area (Å²) in [5.41, 5.74) is 56.1. The topological polar surface area (TPSA) is 526 Å². The molecular weight excluding hydrogens is 1960 g/mol. The van der Waals surface area contributed by atoms with Crippen LogP contribution < -0.4 is 66.3 Å². The van der Waals surface area contributed by atoms with Crippen LogP contribution in [-0.4, -0.2) is 237 Å². The second kappa shape index (κ2) is 40.7. The Kier molecular flexibility index (Phi) is 27.8. The van der Waals surface area contributed by atoms with Gasteiger partial charge in [-0.15, -0.1) is 11.8 Å². The lowest BCUT2D eigenvalue weighted by atomic mass is 9.95. The van der Waals surface area contributed by atoms with Crippen molar-refractivity contribution in [1.82, 2.24) is 178 Å². The molecule has 6 saturated heterocycles. The molecule has 0 radical (unpaired) electrons. The molecule has 6 aliphatic rings. The summed E-state index contributed by atoms with van der Waals surface area (Å²) in [5, 5.41) is 72.4. The van der Waals surface area contributed by atoms with Gasteiger partial charge >= 0.3 is 0 Å². The second-order valence-electron chi connectivity index (χ2n) is 34.7. The predicted molar refractivity (Wildman–Crippen MR) is 532 cm³/mol. The smallest absolute Gasteiger partial charge is 0.187 e. The maximum absolute atomic E-state index is 14.6. The molecule has 24 rings (SSSR count). The van der Waals surface area contributed by atoms with Gasteiger partial charge in [0.1, 0.15) is 39.4 Å². The van der Waals surface area contributed by atoms with Gasteiger partial charge < -0.3 is 71.0 Å². The van der Waals surface area contributed by atoms with Crippen molar-refractivity contribution in [1.29, 1.82) is 0 Å². The van der Waals surface area contributed by atoms with Crippen LogP contribution in [0.3, 0.4) is 0 Å². The van der Waals surface area contributed by atoms with E-state index in [1.807, 2.05) is 97.4 Å². The largest absolute Gasteiger partial charge is 0.383 e. The number of ether oxygens (including phenoxy) is 1. The summed E-state index contributed by atoms with van der Waals surface area (Å²) in [6.07, 6.45) is 40.6. The Balaban J connectivity index is 0.000000106. The zero-order valence-corrected chi connectivity index (χ0v) is 81.9. The number of nitrogens with zero attached hydrogens (tertiary/aromatic N) is 30. The Morgan fingerprint density at radius 3 is 0.870 bits per heavy atom. The highest BCUT2D eigenvalue weighted by atomic mass is 79.9. The lowest BCUT2D eigenvalue weighted by Gasteiger charge is -2.24. The third kappa shape index (κ3) is 19.0. The molecule has 6 fully saturated rings. The molecule has 50 heteroatoms. The zero-order valence-electron chi connectivity index (χ0n) is 76.4. The number of anilines is 6. The van der Waals surface area contributed by atoms with Crippen molar-refractivity contribution >= 4 is 136 Å². The van der Waals surface area contributed by atoms with Gasteiger partial charge in [0.15, 0.2) is 57.2 Å². The van der Waals surface area contributed by atoms with Crippen molar-refractivity contribution in [2.75, 3.05) is 125 Å². The average Bonchev–Trinajstić information content (AvgIpc) is 1.63. The highest BCUT2D eigenvalue weighted by Crippen LogP contribution is 2.43. The Morgan fingerprint density at radius 1 is 0.326 bits per heavy atom. The van der Waals surface area contributed by atoms with Gasteiger partial charge in [-0.2, -0.15) is 88.3 Å². The van der Waals surface area contributed by atoms with Gasteiger partial charge in [0.2, 0.25) is 0 Å². The van der Waals surface area contributed by atoms with Crippen LogP contribution >= 0.6 is 66.8 Å². The molecule has 6 unspecified atom stereocenters. The van der Waals surface area contributed by atoms with Gasteiger partial charge in [0, 0.05) is 228 Å². The number of nitrogen functional groups attached to an aromatic ring is 6. The maximum atomic E-state index is 14.6. The van der Waals surface area contributed by atoms with Crippen molar-refractivity contribution < 1.29 is 13.5 Å². The predicted octanol–water partition coefficient (Wildman–Crippen LogP) is 9.29. The van der Waals surface area contributed by atoms with E-state index in [-0.39, 0.29) is 46.7 Å². The molecule has 0 amide bonds. The number of hydrogen-bond acceptors (Lipinski definition) is 32. The zero-order chi connectivity index (χ0) is 95.8. The van der Waals surface area contributed by atoms with E-state index in [0.717, 1.165) is 245 Å². The Hall–Kier alpha value is -12.8. The summed E-state index contributed by atoms with van der Waals surface area (Å²) in [6, 6.07) is 0. The van der Waals surface area contributed by atoms with E-state index in [2.05, 4.69) is 135 Å². The van der Waals surface area contributed by atoms with Crippen LogP contribution in [-0.2, 0) is 47.0 Å². The van der Waals surface area contributed by atoms with Crippen LogP contribution in [0.5, 0.6) is 0 Å². The highest BCUT2D eigenvalue weighted by molar-refractivity contribution is 9.11. The summed E-state index contributed by atoms with van der Waals surface area (Å²) in [5.74, 6) is 2.73. The van der Waals surface area contributed by atoms with Crippen LogP contribution in [0, 0.1) is 11.6 Å². The fourth-order valence-corrected chi connectivity index (χ4v) is 20.9. The van der Waals surface area contributed by atoms with Gasteiger partial charge in [0.25, 0.3) is 0 Å². The molecule has 0 aromatic carbocycles. The number of piperidine rings is 4. The summed E-state index contributed by atoms with van der Waals surface area (Å²) >= 11 is 22.0. The fourth-order valence-electron chi connectivity index (χ4n) is 18.0. The van der Waals surface area contributed by atoms with Crippen LogP contribution in [0.25, 0.3) is 101 Å². The maximum Gasteiger partial charge on any atom is 0.187 e. The molecule has 18 aromatic heterocycles. The number of rotatable bonds is 12. The Labute approximate surface area is 819 Å². The van der Waals surface area contributed by atoms with Gasteiger partial charge in [0.05, 0.1) is 129 Å². The molecule has 0 saturated carbocycles. The number of halogens is 6. The standard InChI is InChI=1S/2C15H18ClN7.2C15H18FN7.C14H16BrN7O.C14H16BrN7S/c4*1-22-8-10(6-19-22)11-7-20-23-14(17)12(16)13(21-15(11)23)9-3-2-4-18-5-9;2*1-21-7-8(4-18-21)9-5-19-22-13(16)11(15)12(20-14(9)22)10-6-17-2-3-23-10/h4*6-9,18H,2-5,17H2,1H3;2*4-5,7,10,17H,2-3,6,16H2,1H3. The first-order valence-corrected chi connectivity index (χ1v) is 48.7. The summed E-state index contributed by atoms with van der Waals surface area (Å²) in [6.45, 7) is 11.3. The van der Waals surface area contributed by atoms with Crippen LogP contribution in [0.4, 0.5) is 43.7 Å². The van der Waals surface area contributed by atoms with Gasteiger partial charge in [-0.05, 0) is 109 Å². The minimum absolute atomic E-state index is 0.00529. The van der Waals surface area contributed by atoms with Gasteiger partial charge in [-0.3, -0.25) is 28.1 Å². The minimum atomic E-state index is -0.466. The Bertz CT molecular complexity index is 6310. The molecule has 43 nitrogen and oxygen atoms in total. The van der Waals surface area contributed by atoms with Crippen molar-refractivity contribution in [2.24, 2.45) is 42.3 Å². The lowest BCUT2D eigenvalue weighted by molar-refractivity contribution is 0.0247. The first-order valence-electron chi connectivity index (χ1n) is 45.3. The van der Waals surface area contributed by atoms with Gasteiger partial charge in [-0.25, -0.2) is 38.7 Å². The molecule has 6 atom stereocenters. The number of hydrogen-bond donors (Lipinski definition) is 12. The number of thioether (sulfide) groups is 1. The molecule has 18 N–H and O–H groups in total. The third-order valence-electron chi connectivity index (χ3n) is 25.2. The third-order valence-corrected chi connectivity index (χ3v) is 28.8.